The molecule has 0 amide bonds. The third kappa shape index (κ3) is 3.84. The summed E-state index contributed by atoms with van der Waals surface area (Å²) in [6.07, 6.45) is 0.454. The number of aromatic nitrogens is 1. The molecule has 0 spiro atoms. The summed E-state index contributed by atoms with van der Waals surface area (Å²) in [6.45, 7) is 0.251. The standard InChI is InChI=1S/C15H13FN2O2S3/c16-13-5-2-1-4-12(13)15-18-11(10-22-15)7-8-17-23(19,20)14-6-3-9-21-14/h1-6,9-10,17H,7-8H2. The van der Waals surface area contributed by atoms with Gasteiger partial charge in [-0.2, -0.15) is 0 Å². The Morgan fingerprint density at radius 3 is 2.70 bits per heavy atom. The zero-order chi connectivity index (χ0) is 16.3. The fraction of sp³-hybridized carbons (Fsp3) is 0.133. The van der Waals surface area contributed by atoms with E-state index in [1.54, 1.807) is 35.7 Å². The summed E-state index contributed by atoms with van der Waals surface area (Å²) < 4.78 is 40.5. The molecule has 120 valence electrons. The lowest BCUT2D eigenvalue weighted by Crippen LogP contribution is -2.25. The SMILES string of the molecule is O=S(=O)(NCCc1csc(-c2ccccc2F)n1)c1cccs1. The Morgan fingerprint density at radius 2 is 1.96 bits per heavy atom. The van der Waals surface area contributed by atoms with Crippen molar-refractivity contribution in [2.75, 3.05) is 6.54 Å². The van der Waals surface area contributed by atoms with E-state index in [-0.39, 0.29) is 12.4 Å². The maximum Gasteiger partial charge on any atom is 0.250 e. The van der Waals surface area contributed by atoms with E-state index < -0.39 is 10.0 Å². The summed E-state index contributed by atoms with van der Waals surface area (Å²) >= 11 is 2.52. The minimum absolute atomic E-state index is 0.251. The van der Waals surface area contributed by atoms with Gasteiger partial charge in [0.2, 0.25) is 10.0 Å². The van der Waals surface area contributed by atoms with Gasteiger partial charge < -0.3 is 0 Å². The molecule has 8 heteroatoms. The van der Waals surface area contributed by atoms with Crippen LogP contribution in [-0.4, -0.2) is 19.9 Å². The molecule has 2 aromatic heterocycles. The summed E-state index contributed by atoms with van der Waals surface area (Å²) in [5.74, 6) is -0.313. The van der Waals surface area contributed by atoms with Crippen molar-refractivity contribution < 1.29 is 12.8 Å². The summed E-state index contributed by atoms with van der Waals surface area (Å²) in [4.78, 5) is 4.37. The van der Waals surface area contributed by atoms with E-state index in [2.05, 4.69) is 9.71 Å². The molecule has 0 saturated carbocycles. The molecular formula is C15H13FN2O2S3. The number of rotatable bonds is 6. The minimum atomic E-state index is -3.46. The van der Waals surface area contributed by atoms with Gasteiger partial charge in [0.15, 0.2) is 0 Å². The number of nitrogens with one attached hydrogen (secondary N) is 1. The van der Waals surface area contributed by atoms with Crippen molar-refractivity contribution in [1.82, 2.24) is 9.71 Å². The largest absolute Gasteiger partial charge is 0.250 e. The second kappa shape index (κ2) is 6.88. The quantitative estimate of drug-likeness (QED) is 0.724. The fourth-order valence-electron chi connectivity index (χ4n) is 1.98. The highest BCUT2D eigenvalue weighted by molar-refractivity contribution is 7.91. The van der Waals surface area contributed by atoms with Crippen LogP contribution in [0.1, 0.15) is 5.69 Å². The molecule has 0 aliphatic carbocycles. The van der Waals surface area contributed by atoms with Crippen LogP contribution in [0.3, 0.4) is 0 Å². The molecule has 0 atom stereocenters. The Kier molecular flexibility index (Phi) is 4.86. The first-order chi connectivity index (χ1) is 11.1. The predicted molar refractivity (Wildman–Crippen MR) is 90.7 cm³/mol. The highest BCUT2D eigenvalue weighted by atomic mass is 32.2. The number of benzene rings is 1. The lowest BCUT2D eigenvalue weighted by molar-refractivity contribution is 0.583. The maximum atomic E-state index is 13.7. The molecule has 23 heavy (non-hydrogen) atoms. The Morgan fingerprint density at radius 1 is 1.13 bits per heavy atom. The number of hydrogen-bond donors (Lipinski definition) is 1. The van der Waals surface area contributed by atoms with Gasteiger partial charge in [-0.1, -0.05) is 18.2 Å². The van der Waals surface area contributed by atoms with Crippen LogP contribution in [-0.2, 0) is 16.4 Å². The minimum Gasteiger partial charge on any atom is -0.241 e. The van der Waals surface area contributed by atoms with Crippen LogP contribution in [0, 0.1) is 5.82 Å². The number of thiophene rings is 1. The van der Waals surface area contributed by atoms with E-state index in [4.69, 9.17) is 0 Å². The molecule has 3 aromatic rings. The summed E-state index contributed by atoms with van der Waals surface area (Å²) in [6, 6.07) is 9.72. The van der Waals surface area contributed by atoms with Gasteiger partial charge >= 0.3 is 0 Å². The van der Waals surface area contributed by atoms with Crippen molar-refractivity contribution >= 4 is 32.7 Å². The van der Waals surface area contributed by atoms with Crippen molar-refractivity contribution in [3.05, 3.63) is 58.7 Å². The maximum absolute atomic E-state index is 13.7. The molecule has 0 aliphatic rings. The Balaban J connectivity index is 1.63. The van der Waals surface area contributed by atoms with E-state index in [0.717, 1.165) is 5.69 Å². The van der Waals surface area contributed by atoms with Crippen LogP contribution < -0.4 is 4.72 Å². The van der Waals surface area contributed by atoms with E-state index in [9.17, 15) is 12.8 Å². The van der Waals surface area contributed by atoms with Gasteiger partial charge in [-0.05, 0) is 23.6 Å². The van der Waals surface area contributed by atoms with Gasteiger partial charge in [0.1, 0.15) is 15.0 Å². The molecule has 0 bridgehead atoms. The molecule has 0 fully saturated rings. The molecule has 0 unspecified atom stereocenters. The van der Waals surface area contributed by atoms with Gasteiger partial charge in [-0.3, -0.25) is 0 Å². The topological polar surface area (TPSA) is 59.1 Å². The summed E-state index contributed by atoms with van der Waals surface area (Å²) in [7, 11) is -3.46. The van der Waals surface area contributed by atoms with Gasteiger partial charge in [0.05, 0.1) is 5.69 Å². The van der Waals surface area contributed by atoms with Crippen LogP contribution in [0.4, 0.5) is 4.39 Å². The third-order valence-corrected chi connectivity index (χ3v) is 6.87. The van der Waals surface area contributed by atoms with Gasteiger partial charge in [0, 0.05) is 23.9 Å². The second-order valence-corrected chi connectivity index (χ2v) is 8.50. The van der Waals surface area contributed by atoms with Gasteiger partial charge in [-0.15, -0.1) is 22.7 Å². The summed E-state index contributed by atoms with van der Waals surface area (Å²) in [5, 5.41) is 4.14. The zero-order valence-electron chi connectivity index (χ0n) is 11.9. The first-order valence-electron chi connectivity index (χ1n) is 6.79. The van der Waals surface area contributed by atoms with Crippen molar-refractivity contribution in [3.63, 3.8) is 0 Å². The first kappa shape index (κ1) is 16.3. The summed E-state index contributed by atoms with van der Waals surface area (Å²) in [5.41, 5.74) is 1.20. The molecule has 1 aromatic carbocycles. The highest BCUT2D eigenvalue weighted by Crippen LogP contribution is 2.26. The lowest BCUT2D eigenvalue weighted by atomic mass is 10.2. The molecule has 0 aliphatic heterocycles. The third-order valence-electron chi connectivity index (χ3n) is 3.09. The van der Waals surface area contributed by atoms with Crippen molar-refractivity contribution in [2.24, 2.45) is 0 Å². The number of sulfonamides is 1. The Labute approximate surface area is 141 Å². The predicted octanol–water partition coefficient (Wildman–Crippen LogP) is 3.53. The lowest BCUT2D eigenvalue weighted by Gasteiger charge is -2.03. The van der Waals surface area contributed by atoms with Crippen LogP contribution in [0.5, 0.6) is 0 Å². The van der Waals surface area contributed by atoms with Gasteiger partial charge in [0.25, 0.3) is 0 Å². The van der Waals surface area contributed by atoms with Crippen LogP contribution in [0.15, 0.2) is 51.4 Å². The first-order valence-corrected chi connectivity index (χ1v) is 10.0. The van der Waals surface area contributed by atoms with Crippen molar-refractivity contribution in [3.8, 4) is 10.6 Å². The fourth-order valence-corrected chi connectivity index (χ4v) is 4.93. The van der Waals surface area contributed by atoms with E-state index >= 15 is 0 Å². The highest BCUT2D eigenvalue weighted by Gasteiger charge is 2.15. The normalized spacial score (nSPS) is 11.7. The number of halogens is 1. The van der Waals surface area contributed by atoms with E-state index in [1.807, 2.05) is 5.38 Å². The second-order valence-electron chi connectivity index (χ2n) is 4.70. The van der Waals surface area contributed by atoms with E-state index in [1.165, 1.54) is 28.7 Å². The van der Waals surface area contributed by atoms with Gasteiger partial charge in [-0.25, -0.2) is 22.5 Å². The molecule has 0 saturated heterocycles. The molecule has 0 radical (unpaired) electrons. The Hall–Kier alpha value is -1.61. The number of nitrogens with zero attached hydrogens (tertiary/aromatic N) is 1. The number of thiazole rings is 1. The van der Waals surface area contributed by atoms with Crippen LogP contribution in [0.25, 0.3) is 10.6 Å². The molecule has 1 N–H and O–H groups in total. The molecule has 4 nitrogen and oxygen atoms in total. The van der Waals surface area contributed by atoms with Crippen LogP contribution >= 0.6 is 22.7 Å². The molecular weight excluding hydrogens is 355 g/mol. The van der Waals surface area contributed by atoms with Crippen LogP contribution in [0.2, 0.25) is 0 Å². The number of hydrogen-bond acceptors (Lipinski definition) is 5. The zero-order valence-corrected chi connectivity index (χ0v) is 14.3. The monoisotopic (exact) mass is 368 g/mol. The van der Waals surface area contributed by atoms with E-state index in [0.29, 0.717) is 21.2 Å². The molecule has 2 heterocycles. The smallest absolute Gasteiger partial charge is 0.241 e. The average molecular weight is 368 g/mol. The Bertz CT molecular complexity index is 889. The average Bonchev–Trinajstić information content (AvgIpc) is 3.19. The van der Waals surface area contributed by atoms with Crippen molar-refractivity contribution in [1.29, 1.82) is 0 Å². The van der Waals surface area contributed by atoms with Crippen molar-refractivity contribution in [2.45, 2.75) is 10.6 Å². The molecule has 3 rings (SSSR count).